The zero-order valence-corrected chi connectivity index (χ0v) is 13.0. The summed E-state index contributed by atoms with van der Waals surface area (Å²) in [7, 11) is 0. The highest BCUT2D eigenvalue weighted by Crippen LogP contribution is 2.25. The quantitative estimate of drug-likeness (QED) is 0.892. The number of benzene rings is 1. The zero-order chi connectivity index (χ0) is 15.7. The van der Waals surface area contributed by atoms with Gasteiger partial charge in [-0.05, 0) is 49.3 Å². The van der Waals surface area contributed by atoms with E-state index < -0.39 is 0 Å². The summed E-state index contributed by atoms with van der Waals surface area (Å²) in [5.74, 6) is -0.525. The van der Waals surface area contributed by atoms with Gasteiger partial charge in [0, 0.05) is 13.1 Å². The zero-order valence-electron chi connectivity index (χ0n) is 13.0. The number of primary amides is 1. The normalized spacial score (nSPS) is 21.5. The maximum atomic E-state index is 12.3. The molecular weight excluding hydrogens is 278 g/mol. The summed E-state index contributed by atoms with van der Waals surface area (Å²) in [5, 5.41) is 3.02. The van der Waals surface area contributed by atoms with Crippen molar-refractivity contribution in [3.8, 4) is 0 Å². The van der Waals surface area contributed by atoms with Crippen molar-refractivity contribution in [2.45, 2.75) is 38.6 Å². The maximum absolute atomic E-state index is 12.3. The molecule has 1 saturated heterocycles. The number of fused-ring (bicyclic) bond motifs is 1. The summed E-state index contributed by atoms with van der Waals surface area (Å²) in [6, 6.07) is 6.34. The molecule has 1 aliphatic carbocycles. The van der Waals surface area contributed by atoms with Gasteiger partial charge >= 0.3 is 6.03 Å². The fraction of sp³-hybridized carbons (Fsp3) is 0.529. The molecule has 2 atom stereocenters. The number of rotatable bonds is 3. The predicted octanol–water partition coefficient (Wildman–Crippen LogP) is 1.75. The highest BCUT2D eigenvalue weighted by molar-refractivity contribution is 5.80. The average Bonchev–Trinajstić information content (AvgIpc) is 3.15. The van der Waals surface area contributed by atoms with Crippen LogP contribution < -0.4 is 11.1 Å². The summed E-state index contributed by atoms with van der Waals surface area (Å²) in [4.78, 5) is 25.2. The van der Waals surface area contributed by atoms with E-state index in [4.69, 9.17) is 5.73 Å². The SMILES string of the molecule is C[C@H](NC(=O)N1CC[C@H](C(N)=O)C1)c1ccc2c(c1)CCC2. The Morgan fingerprint density at radius 2 is 2.09 bits per heavy atom. The molecule has 22 heavy (non-hydrogen) atoms. The topological polar surface area (TPSA) is 75.4 Å². The fourth-order valence-corrected chi connectivity index (χ4v) is 3.40. The van der Waals surface area contributed by atoms with Crippen LogP contribution in [0, 0.1) is 5.92 Å². The van der Waals surface area contributed by atoms with Crippen LogP contribution in [0.25, 0.3) is 0 Å². The first kappa shape index (κ1) is 14.9. The molecule has 1 heterocycles. The van der Waals surface area contributed by atoms with Gasteiger partial charge in [0.25, 0.3) is 0 Å². The Morgan fingerprint density at radius 1 is 1.32 bits per heavy atom. The summed E-state index contributed by atoms with van der Waals surface area (Å²) >= 11 is 0. The van der Waals surface area contributed by atoms with Gasteiger partial charge in [0.05, 0.1) is 12.0 Å². The molecule has 5 heteroatoms. The van der Waals surface area contributed by atoms with Gasteiger partial charge in [0.2, 0.25) is 5.91 Å². The summed E-state index contributed by atoms with van der Waals surface area (Å²) in [6.07, 6.45) is 4.19. The van der Waals surface area contributed by atoms with Crippen molar-refractivity contribution in [2.75, 3.05) is 13.1 Å². The van der Waals surface area contributed by atoms with Gasteiger partial charge in [-0.3, -0.25) is 4.79 Å². The Balaban J connectivity index is 1.61. The van der Waals surface area contributed by atoms with E-state index in [1.807, 2.05) is 6.92 Å². The lowest BCUT2D eigenvalue weighted by Gasteiger charge is -2.21. The Kier molecular flexibility index (Phi) is 4.05. The number of nitrogens with one attached hydrogen (secondary N) is 1. The van der Waals surface area contributed by atoms with Gasteiger partial charge in [-0.2, -0.15) is 0 Å². The molecule has 0 saturated carbocycles. The number of amides is 3. The van der Waals surface area contributed by atoms with Crippen molar-refractivity contribution in [2.24, 2.45) is 11.7 Å². The van der Waals surface area contributed by atoms with Gasteiger partial charge in [-0.15, -0.1) is 0 Å². The number of nitrogens with two attached hydrogens (primary N) is 1. The van der Waals surface area contributed by atoms with Crippen molar-refractivity contribution in [1.82, 2.24) is 10.2 Å². The van der Waals surface area contributed by atoms with E-state index in [1.165, 1.54) is 24.0 Å². The molecule has 2 aliphatic rings. The summed E-state index contributed by atoms with van der Waals surface area (Å²) in [6.45, 7) is 3.02. The number of hydrogen-bond donors (Lipinski definition) is 2. The van der Waals surface area contributed by atoms with Crippen LogP contribution in [0.3, 0.4) is 0 Å². The summed E-state index contributed by atoms with van der Waals surface area (Å²) < 4.78 is 0. The molecule has 3 amide bonds. The molecule has 5 nitrogen and oxygen atoms in total. The third-order valence-corrected chi connectivity index (χ3v) is 4.84. The molecule has 1 fully saturated rings. The molecule has 3 N–H and O–H groups in total. The Bertz CT molecular complexity index is 600. The molecule has 1 aromatic carbocycles. The van der Waals surface area contributed by atoms with Crippen LogP contribution in [0.5, 0.6) is 0 Å². The molecule has 118 valence electrons. The van der Waals surface area contributed by atoms with Crippen LogP contribution in [-0.2, 0) is 17.6 Å². The highest BCUT2D eigenvalue weighted by atomic mass is 16.2. The number of hydrogen-bond acceptors (Lipinski definition) is 2. The van der Waals surface area contributed by atoms with Gasteiger partial charge in [0.1, 0.15) is 0 Å². The smallest absolute Gasteiger partial charge is 0.317 e. The van der Waals surface area contributed by atoms with E-state index >= 15 is 0 Å². The van der Waals surface area contributed by atoms with E-state index in [-0.39, 0.29) is 23.9 Å². The van der Waals surface area contributed by atoms with Gasteiger partial charge in [-0.25, -0.2) is 4.79 Å². The number of urea groups is 1. The predicted molar refractivity (Wildman–Crippen MR) is 84.3 cm³/mol. The fourth-order valence-electron chi connectivity index (χ4n) is 3.40. The van der Waals surface area contributed by atoms with Gasteiger partial charge < -0.3 is 16.0 Å². The van der Waals surface area contributed by atoms with Gasteiger partial charge in [-0.1, -0.05) is 18.2 Å². The van der Waals surface area contributed by atoms with Crippen LogP contribution in [0.15, 0.2) is 18.2 Å². The van der Waals surface area contributed by atoms with Gasteiger partial charge in [0.15, 0.2) is 0 Å². The molecular formula is C17H23N3O2. The number of carbonyl (C=O) groups is 2. The molecule has 0 unspecified atom stereocenters. The number of likely N-dealkylation sites (tertiary alicyclic amines) is 1. The first-order valence-electron chi connectivity index (χ1n) is 8.01. The molecule has 0 spiro atoms. The number of nitrogens with zero attached hydrogens (tertiary/aromatic N) is 1. The molecule has 0 bridgehead atoms. The lowest BCUT2D eigenvalue weighted by atomic mass is 10.0. The van der Waals surface area contributed by atoms with Crippen LogP contribution in [0.4, 0.5) is 4.79 Å². The minimum atomic E-state index is -0.318. The van der Waals surface area contributed by atoms with E-state index in [9.17, 15) is 9.59 Å². The van der Waals surface area contributed by atoms with E-state index in [0.29, 0.717) is 19.5 Å². The third-order valence-electron chi connectivity index (χ3n) is 4.84. The summed E-state index contributed by atoms with van der Waals surface area (Å²) in [5.41, 5.74) is 9.29. The maximum Gasteiger partial charge on any atom is 0.317 e. The lowest BCUT2D eigenvalue weighted by molar-refractivity contribution is -0.121. The number of carbonyl (C=O) groups excluding carboxylic acids is 2. The molecule has 1 aliphatic heterocycles. The number of aryl methyl sites for hydroxylation is 2. The van der Waals surface area contributed by atoms with E-state index in [1.54, 1.807) is 4.90 Å². The average molecular weight is 301 g/mol. The van der Waals surface area contributed by atoms with Crippen molar-refractivity contribution in [3.63, 3.8) is 0 Å². The largest absolute Gasteiger partial charge is 0.369 e. The van der Waals surface area contributed by atoms with Crippen molar-refractivity contribution < 1.29 is 9.59 Å². The van der Waals surface area contributed by atoms with Crippen LogP contribution in [0.1, 0.15) is 42.5 Å². The second kappa shape index (κ2) is 5.99. The first-order valence-corrected chi connectivity index (χ1v) is 8.01. The molecule has 0 aromatic heterocycles. The van der Waals surface area contributed by atoms with Crippen molar-refractivity contribution >= 4 is 11.9 Å². The minimum Gasteiger partial charge on any atom is -0.369 e. The highest BCUT2D eigenvalue weighted by Gasteiger charge is 2.30. The van der Waals surface area contributed by atoms with E-state index in [0.717, 1.165) is 12.0 Å². The lowest BCUT2D eigenvalue weighted by Crippen LogP contribution is -2.40. The Hall–Kier alpha value is -2.04. The molecule has 0 radical (unpaired) electrons. The molecule has 1 aromatic rings. The monoisotopic (exact) mass is 301 g/mol. The van der Waals surface area contributed by atoms with Crippen LogP contribution in [-0.4, -0.2) is 29.9 Å². The van der Waals surface area contributed by atoms with E-state index in [2.05, 4.69) is 23.5 Å². The van der Waals surface area contributed by atoms with Crippen molar-refractivity contribution in [1.29, 1.82) is 0 Å². The Labute approximate surface area is 130 Å². The Morgan fingerprint density at radius 3 is 2.82 bits per heavy atom. The first-order chi connectivity index (χ1) is 10.5. The van der Waals surface area contributed by atoms with Crippen LogP contribution in [0.2, 0.25) is 0 Å². The third kappa shape index (κ3) is 2.93. The molecule has 3 rings (SSSR count). The second-order valence-corrected chi connectivity index (χ2v) is 6.39. The minimum absolute atomic E-state index is 0.0361. The second-order valence-electron chi connectivity index (χ2n) is 6.39. The van der Waals surface area contributed by atoms with Crippen molar-refractivity contribution in [3.05, 3.63) is 34.9 Å². The van der Waals surface area contributed by atoms with Crippen LogP contribution >= 0.6 is 0 Å². The standard InChI is InChI=1S/C17H23N3O2/c1-11(13-6-5-12-3-2-4-14(12)9-13)19-17(22)20-8-7-15(10-20)16(18)21/h5-6,9,11,15H,2-4,7-8,10H2,1H3,(H2,18,21)(H,19,22)/t11-,15-/m0/s1.